The summed E-state index contributed by atoms with van der Waals surface area (Å²) in [5.41, 5.74) is 3.38. The van der Waals surface area contributed by atoms with E-state index in [1.807, 2.05) is 67.5 Å². The molecule has 1 N–H and O–H groups in total. The standard InChI is InChI=1S/C15H17N3O/c1-18(2)14-9-7-13(8-10-14)16-17-15-6-4-3-5-12(15)11-19/h3-10,19H,11H2,1-2H3. The Bertz CT molecular complexity index is 562. The van der Waals surface area contributed by atoms with Crippen molar-refractivity contribution in [2.75, 3.05) is 19.0 Å². The van der Waals surface area contributed by atoms with Crippen LogP contribution in [-0.4, -0.2) is 19.2 Å². The number of hydrogen-bond donors (Lipinski definition) is 1. The van der Waals surface area contributed by atoms with Crippen molar-refractivity contribution in [3.63, 3.8) is 0 Å². The van der Waals surface area contributed by atoms with E-state index in [9.17, 15) is 5.11 Å². The number of aliphatic hydroxyl groups excluding tert-OH is 1. The molecule has 0 radical (unpaired) electrons. The monoisotopic (exact) mass is 255 g/mol. The summed E-state index contributed by atoms with van der Waals surface area (Å²) in [6.07, 6.45) is 0. The van der Waals surface area contributed by atoms with Gasteiger partial charge in [-0.05, 0) is 30.3 Å². The first kappa shape index (κ1) is 13.2. The van der Waals surface area contributed by atoms with Crippen molar-refractivity contribution in [1.82, 2.24) is 0 Å². The zero-order chi connectivity index (χ0) is 13.7. The Morgan fingerprint density at radius 1 is 0.947 bits per heavy atom. The third-order valence-electron chi connectivity index (χ3n) is 2.80. The van der Waals surface area contributed by atoms with Gasteiger partial charge in [-0.25, -0.2) is 0 Å². The normalized spacial score (nSPS) is 10.9. The van der Waals surface area contributed by atoms with Gasteiger partial charge in [0.2, 0.25) is 0 Å². The molecule has 2 rings (SSSR count). The third kappa shape index (κ3) is 3.39. The molecule has 0 aromatic heterocycles. The topological polar surface area (TPSA) is 48.2 Å². The SMILES string of the molecule is CN(C)c1ccc(N=Nc2ccccc2CO)cc1. The molecule has 0 bridgehead atoms. The van der Waals surface area contributed by atoms with Crippen LogP contribution in [0, 0.1) is 0 Å². The van der Waals surface area contributed by atoms with E-state index in [-0.39, 0.29) is 6.61 Å². The van der Waals surface area contributed by atoms with E-state index >= 15 is 0 Å². The van der Waals surface area contributed by atoms with Crippen molar-refractivity contribution < 1.29 is 5.11 Å². The molecule has 0 fully saturated rings. The van der Waals surface area contributed by atoms with Gasteiger partial charge in [-0.3, -0.25) is 0 Å². The smallest absolute Gasteiger partial charge is 0.0912 e. The average Bonchev–Trinajstić information content (AvgIpc) is 2.45. The molecule has 98 valence electrons. The maximum atomic E-state index is 9.21. The Balaban J connectivity index is 2.18. The summed E-state index contributed by atoms with van der Waals surface area (Å²) in [6, 6.07) is 15.2. The summed E-state index contributed by atoms with van der Waals surface area (Å²) in [5.74, 6) is 0. The van der Waals surface area contributed by atoms with Gasteiger partial charge in [-0.2, -0.15) is 10.2 Å². The summed E-state index contributed by atoms with van der Waals surface area (Å²) >= 11 is 0. The van der Waals surface area contributed by atoms with Crippen molar-refractivity contribution in [3.8, 4) is 0 Å². The van der Waals surface area contributed by atoms with E-state index in [0.717, 1.165) is 16.9 Å². The van der Waals surface area contributed by atoms with Crippen LogP contribution in [0.5, 0.6) is 0 Å². The maximum Gasteiger partial charge on any atom is 0.0912 e. The number of nitrogens with zero attached hydrogens (tertiary/aromatic N) is 3. The molecule has 2 aromatic rings. The highest BCUT2D eigenvalue weighted by molar-refractivity contribution is 5.52. The second-order valence-corrected chi connectivity index (χ2v) is 4.40. The van der Waals surface area contributed by atoms with Crippen molar-refractivity contribution in [2.24, 2.45) is 10.2 Å². The van der Waals surface area contributed by atoms with E-state index in [4.69, 9.17) is 0 Å². The average molecular weight is 255 g/mol. The Kier molecular flexibility index (Phi) is 4.26. The molecule has 0 aliphatic carbocycles. The minimum atomic E-state index is -0.0330. The summed E-state index contributed by atoms with van der Waals surface area (Å²) in [5, 5.41) is 17.6. The second kappa shape index (κ2) is 6.11. The van der Waals surface area contributed by atoms with Crippen LogP contribution >= 0.6 is 0 Å². The van der Waals surface area contributed by atoms with Crippen molar-refractivity contribution in [2.45, 2.75) is 6.61 Å². The van der Waals surface area contributed by atoms with E-state index in [0.29, 0.717) is 5.69 Å². The fraction of sp³-hybridized carbons (Fsp3) is 0.200. The van der Waals surface area contributed by atoms with E-state index in [1.54, 1.807) is 0 Å². The number of rotatable bonds is 4. The van der Waals surface area contributed by atoms with Gasteiger partial charge >= 0.3 is 0 Å². The number of hydrogen-bond acceptors (Lipinski definition) is 4. The molecule has 0 atom stereocenters. The van der Waals surface area contributed by atoms with Gasteiger partial charge in [0, 0.05) is 25.3 Å². The van der Waals surface area contributed by atoms with Crippen LogP contribution in [0.15, 0.2) is 58.8 Å². The van der Waals surface area contributed by atoms with E-state index in [2.05, 4.69) is 10.2 Å². The molecule has 19 heavy (non-hydrogen) atoms. The van der Waals surface area contributed by atoms with Crippen molar-refractivity contribution in [1.29, 1.82) is 0 Å². The first-order valence-electron chi connectivity index (χ1n) is 6.08. The van der Waals surface area contributed by atoms with Gasteiger partial charge in [-0.1, -0.05) is 18.2 Å². The maximum absolute atomic E-state index is 9.21. The van der Waals surface area contributed by atoms with Gasteiger partial charge in [0.1, 0.15) is 0 Å². The Morgan fingerprint density at radius 2 is 1.63 bits per heavy atom. The summed E-state index contributed by atoms with van der Waals surface area (Å²) in [6.45, 7) is -0.0330. The van der Waals surface area contributed by atoms with Crippen LogP contribution in [0.1, 0.15) is 5.56 Å². The fourth-order valence-electron chi connectivity index (χ4n) is 1.67. The van der Waals surface area contributed by atoms with Crippen LogP contribution in [0.2, 0.25) is 0 Å². The van der Waals surface area contributed by atoms with Crippen LogP contribution < -0.4 is 4.90 Å². The highest BCUT2D eigenvalue weighted by Gasteiger charge is 1.99. The lowest BCUT2D eigenvalue weighted by Crippen LogP contribution is -2.07. The first-order chi connectivity index (χ1) is 9.20. The first-order valence-corrected chi connectivity index (χ1v) is 6.08. The summed E-state index contributed by atoms with van der Waals surface area (Å²) < 4.78 is 0. The molecule has 0 saturated carbocycles. The highest BCUT2D eigenvalue weighted by atomic mass is 16.3. The minimum absolute atomic E-state index is 0.0330. The van der Waals surface area contributed by atoms with Crippen molar-refractivity contribution >= 4 is 17.1 Å². The van der Waals surface area contributed by atoms with E-state index in [1.165, 1.54) is 0 Å². The van der Waals surface area contributed by atoms with Crippen LogP contribution in [0.3, 0.4) is 0 Å². The lowest BCUT2D eigenvalue weighted by atomic mass is 10.2. The molecule has 0 heterocycles. The molecule has 4 heteroatoms. The predicted molar refractivity (Wildman–Crippen MR) is 77.3 cm³/mol. The van der Waals surface area contributed by atoms with Gasteiger partial charge < -0.3 is 10.0 Å². The van der Waals surface area contributed by atoms with Crippen LogP contribution in [-0.2, 0) is 6.61 Å². The van der Waals surface area contributed by atoms with Gasteiger partial charge in [0.25, 0.3) is 0 Å². The minimum Gasteiger partial charge on any atom is -0.392 e. The molecule has 0 spiro atoms. The predicted octanol–water partition coefficient (Wildman–Crippen LogP) is 3.66. The quantitative estimate of drug-likeness (QED) is 0.847. The lowest BCUT2D eigenvalue weighted by molar-refractivity contribution is 0.282. The molecule has 0 saturated heterocycles. The number of benzene rings is 2. The number of aliphatic hydroxyl groups is 1. The number of azo groups is 1. The highest BCUT2D eigenvalue weighted by Crippen LogP contribution is 2.23. The molecule has 4 nitrogen and oxygen atoms in total. The van der Waals surface area contributed by atoms with Gasteiger partial charge in [-0.15, -0.1) is 0 Å². The zero-order valence-electron chi connectivity index (χ0n) is 11.1. The lowest BCUT2D eigenvalue weighted by Gasteiger charge is -2.11. The third-order valence-corrected chi connectivity index (χ3v) is 2.80. The van der Waals surface area contributed by atoms with Crippen molar-refractivity contribution in [3.05, 3.63) is 54.1 Å². The molecule has 0 unspecified atom stereocenters. The van der Waals surface area contributed by atoms with Crippen LogP contribution in [0.25, 0.3) is 0 Å². The molecular formula is C15H17N3O. The Morgan fingerprint density at radius 3 is 2.26 bits per heavy atom. The van der Waals surface area contributed by atoms with Gasteiger partial charge in [0.05, 0.1) is 18.0 Å². The molecule has 0 aliphatic heterocycles. The van der Waals surface area contributed by atoms with E-state index < -0.39 is 0 Å². The number of anilines is 1. The Hall–Kier alpha value is -2.20. The zero-order valence-corrected chi connectivity index (χ0v) is 11.1. The molecule has 2 aromatic carbocycles. The summed E-state index contributed by atoms with van der Waals surface area (Å²) in [7, 11) is 3.99. The molecule has 0 amide bonds. The van der Waals surface area contributed by atoms with Crippen LogP contribution in [0.4, 0.5) is 17.1 Å². The fourth-order valence-corrected chi connectivity index (χ4v) is 1.67. The Labute approximate surface area is 113 Å². The largest absolute Gasteiger partial charge is 0.392 e. The second-order valence-electron chi connectivity index (χ2n) is 4.40. The molecule has 0 aliphatic rings. The summed E-state index contributed by atoms with van der Waals surface area (Å²) in [4.78, 5) is 2.03. The van der Waals surface area contributed by atoms with Gasteiger partial charge in [0.15, 0.2) is 0 Å². The molecular weight excluding hydrogens is 238 g/mol.